The Kier molecular flexibility index (Phi) is 4.04. The lowest BCUT2D eigenvalue weighted by Gasteiger charge is -2.06. The molecule has 0 radical (unpaired) electrons. The van der Waals surface area contributed by atoms with Crippen molar-refractivity contribution in [2.24, 2.45) is 0 Å². The Morgan fingerprint density at radius 2 is 1.81 bits per heavy atom. The molecule has 0 aliphatic heterocycles. The fourth-order valence-electron chi connectivity index (χ4n) is 4.23. The van der Waals surface area contributed by atoms with Gasteiger partial charge in [-0.05, 0) is 41.1 Å². The molecular weight excluding hydrogens is 386 g/mol. The van der Waals surface area contributed by atoms with Gasteiger partial charge in [0.2, 0.25) is 0 Å². The largest absolute Gasteiger partial charge is 0.396 e. The van der Waals surface area contributed by atoms with Crippen LogP contribution in [0.4, 0.5) is 0 Å². The van der Waals surface area contributed by atoms with Gasteiger partial charge in [-0.3, -0.25) is 10.1 Å². The molecule has 150 valence electrons. The highest BCUT2D eigenvalue weighted by Gasteiger charge is 2.15. The van der Waals surface area contributed by atoms with E-state index in [4.69, 9.17) is 4.98 Å². The first kappa shape index (κ1) is 17.8. The number of aromatic nitrogens is 5. The predicted molar refractivity (Wildman–Crippen MR) is 123 cm³/mol. The maximum absolute atomic E-state index is 9.36. The minimum Gasteiger partial charge on any atom is -0.396 e. The summed E-state index contributed by atoms with van der Waals surface area (Å²) in [4.78, 5) is 12.6. The van der Waals surface area contributed by atoms with E-state index < -0.39 is 0 Å². The summed E-state index contributed by atoms with van der Waals surface area (Å²) >= 11 is 0. The molecule has 0 saturated carbocycles. The van der Waals surface area contributed by atoms with Crippen molar-refractivity contribution < 1.29 is 5.11 Å². The van der Waals surface area contributed by atoms with E-state index in [1.165, 1.54) is 5.39 Å². The number of aliphatic hydroxyl groups is 1. The summed E-state index contributed by atoms with van der Waals surface area (Å²) in [5.41, 5.74) is 6.71. The molecule has 6 nitrogen and oxygen atoms in total. The Labute approximate surface area is 177 Å². The zero-order valence-electron chi connectivity index (χ0n) is 16.6. The number of aromatic amines is 2. The van der Waals surface area contributed by atoms with Crippen LogP contribution in [0.25, 0.3) is 55.4 Å². The molecule has 0 bridgehead atoms. The summed E-state index contributed by atoms with van der Waals surface area (Å²) in [5.74, 6) is 0.708. The molecule has 3 aromatic carbocycles. The van der Waals surface area contributed by atoms with Gasteiger partial charge >= 0.3 is 0 Å². The molecule has 0 atom stereocenters. The number of H-pyrrole nitrogens is 2. The number of nitrogens with one attached hydrogen (secondary N) is 2. The van der Waals surface area contributed by atoms with E-state index in [0.717, 1.165) is 49.7 Å². The minimum absolute atomic E-state index is 0.0923. The van der Waals surface area contributed by atoms with E-state index >= 15 is 0 Å². The maximum atomic E-state index is 9.36. The number of rotatable bonds is 4. The molecule has 0 fully saturated rings. The summed E-state index contributed by atoms with van der Waals surface area (Å²) in [5, 5.41) is 20.3. The molecule has 3 heterocycles. The number of fused-ring (bicyclic) bond motifs is 3. The Balaban J connectivity index is 1.53. The number of benzene rings is 3. The summed E-state index contributed by atoms with van der Waals surface area (Å²) < 4.78 is 0. The predicted octanol–water partition coefficient (Wildman–Crippen LogP) is 4.86. The fourth-order valence-corrected chi connectivity index (χ4v) is 4.23. The van der Waals surface area contributed by atoms with E-state index in [1.807, 2.05) is 48.8 Å². The van der Waals surface area contributed by atoms with Crippen molar-refractivity contribution in [3.05, 3.63) is 78.6 Å². The van der Waals surface area contributed by atoms with Crippen molar-refractivity contribution in [1.82, 2.24) is 25.1 Å². The van der Waals surface area contributed by atoms with Crippen molar-refractivity contribution >= 4 is 32.7 Å². The third-order valence-electron chi connectivity index (χ3n) is 5.74. The molecule has 31 heavy (non-hydrogen) atoms. The Bertz CT molecular complexity index is 1560. The number of para-hydroxylation sites is 1. The number of nitrogens with zero attached hydrogens (tertiary/aromatic N) is 3. The van der Waals surface area contributed by atoms with Gasteiger partial charge in [-0.15, -0.1) is 0 Å². The second kappa shape index (κ2) is 7.04. The number of imidazole rings is 1. The molecule has 0 unspecified atom stereocenters. The van der Waals surface area contributed by atoms with Gasteiger partial charge in [0.05, 0.1) is 16.6 Å². The monoisotopic (exact) mass is 405 g/mol. The minimum atomic E-state index is 0.0923. The first-order valence-corrected chi connectivity index (χ1v) is 10.2. The third kappa shape index (κ3) is 2.88. The van der Waals surface area contributed by atoms with Crippen LogP contribution in [-0.4, -0.2) is 36.9 Å². The molecule has 3 N–H and O–H groups in total. The van der Waals surface area contributed by atoms with Crippen LogP contribution < -0.4 is 0 Å². The normalized spacial score (nSPS) is 11.6. The highest BCUT2D eigenvalue weighted by Crippen LogP contribution is 2.33. The van der Waals surface area contributed by atoms with E-state index in [2.05, 4.69) is 44.4 Å². The molecule has 6 heteroatoms. The highest BCUT2D eigenvalue weighted by molar-refractivity contribution is 6.00. The van der Waals surface area contributed by atoms with E-state index in [-0.39, 0.29) is 6.61 Å². The average molecular weight is 405 g/mol. The van der Waals surface area contributed by atoms with Crippen LogP contribution in [0.1, 0.15) is 5.56 Å². The second-order valence-electron chi connectivity index (χ2n) is 7.61. The van der Waals surface area contributed by atoms with Crippen molar-refractivity contribution in [3.63, 3.8) is 0 Å². The van der Waals surface area contributed by atoms with Crippen LogP contribution in [0.5, 0.6) is 0 Å². The van der Waals surface area contributed by atoms with Crippen LogP contribution in [0.15, 0.2) is 73.1 Å². The summed E-state index contributed by atoms with van der Waals surface area (Å²) in [6, 6.07) is 20.5. The quantitative estimate of drug-likeness (QED) is 0.391. The van der Waals surface area contributed by atoms with Gasteiger partial charge in [0.1, 0.15) is 5.69 Å². The van der Waals surface area contributed by atoms with Gasteiger partial charge in [0.15, 0.2) is 5.82 Å². The first-order chi connectivity index (χ1) is 15.3. The zero-order valence-corrected chi connectivity index (χ0v) is 16.6. The van der Waals surface area contributed by atoms with Crippen molar-refractivity contribution in [3.8, 4) is 22.6 Å². The molecule has 6 rings (SSSR count). The Morgan fingerprint density at radius 3 is 2.74 bits per heavy atom. The maximum Gasteiger partial charge on any atom is 0.159 e. The van der Waals surface area contributed by atoms with Crippen molar-refractivity contribution in [2.45, 2.75) is 6.42 Å². The third-order valence-corrected chi connectivity index (χ3v) is 5.74. The zero-order chi connectivity index (χ0) is 20.8. The van der Waals surface area contributed by atoms with Gasteiger partial charge in [-0.25, -0.2) is 4.98 Å². The summed E-state index contributed by atoms with van der Waals surface area (Å²) in [6.07, 6.45) is 4.37. The lowest BCUT2D eigenvalue weighted by Crippen LogP contribution is -1.91. The number of hydrogen-bond acceptors (Lipinski definition) is 4. The van der Waals surface area contributed by atoms with Gasteiger partial charge in [-0.2, -0.15) is 5.10 Å². The molecule has 0 spiro atoms. The van der Waals surface area contributed by atoms with Crippen LogP contribution >= 0.6 is 0 Å². The second-order valence-corrected chi connectivity index (χ2v) is 7.61. The molecule has 0 amide bonds. The molecule has 0 aliphatic carbocycles. The number of aliphatic hydroxyl groups excluding tert-OH is 1. The summed E-state index contributed by atoms with van der Waals surface area (Å²) in [6.45, 7) is 0.0923. The molecule has 6 aromatic rings. The average Bonchev–Trinajstić information content (AvgIpc) is 3.43. The Hall–Kier alpha value is -4.03. The molecule has 0 aliphatic rings. The Morgan fingerprint density at radius 1 is 0.871 bits per heavy atom. The molecule has 3 aromatic heterocycles. The smallest absolute Gasteiger partial charge is 0.159 e. The van der Waals surface area contributed by atoms with Crippen LogP contribution in [-0.2, 0) is 6.42 Å². The van der Waals surface area contributed by atoms with Gasteiger partial charge in [-0.1, -0.05) is 42.5 Å². The standard InChI is InChI=1S/C25H19N5O/c31-11-10-15-5-3-7-22-23(15)28-25(27-22)24-19-12-16(8-9-21(19)29-30-24)20-14-26-13-17-4-1-2-6-18(17)20/h1-9,12-14,31H,10-11H2,(H,27,28)(H,29,30). The van der Waals surface area contributed by atoms with E-state index in [1.54, 1.807) is 0 Å². The fraction of sp³-hybridized carbons (Fsp3) is 0.0800. The van der Waals surface area contributed by atoms with Gasteiger partial charge < -0.3 is 10.1 Å². The first-order valence-electron chi connectivity index (χ1n) is 10.2. The molecule has 0 saturated heterocycles. The van der Waals surface area contributed by atoms with E-state index in [0.29, 0.717) is 12.2 Å². The van der Waals surface area contributed by atoms with Crippen LogP contribution in [0, 0.1) is 0 Å². The highest BCUT2D eigenvalue weighted by atomic mass is 16.2. The lowest BCUT2D eigenvalue weighted by atomic mass is 9.99. The lowest BCUT2D eigenvalue weighted by molar-refractivity contribution is 0.300. The topological polar surface area (TPSA) is 90.5 Å². The summed E-state index contributed by atoms with van der Waals surface area (Å²) in [7, 11) is 0. The van der Waals surface area contributed by atoms with Crippen LogP contribution in [0.3, 0.4) is 0 Å². The van der Waals surface area contributed by atoms with Crippen LogP contribution in [0.2, 0.25) is 0 Å². The molecular formula is C25H19N5O. The van der Waals surface area contributed by atoms with Crippen molar-refractivity contribution in [2.75, 3.05) is 6.61 Å². The number of hydrogen-bond donors (Lipinski definition) is 3. The van der Waals surface area contributed by atoms with E-state index in [9.17, 15) is 5.11 Å². The van der Waals surface area contributed by atoms with Gasteiger partial charge in [0.25, 0.3) is 0 Å². The van der Waals surface area contributed by atoms with Crippen molar-refractivity contribution in [1.29, 1.82) is 0 Å². The number of pyridine rings is 1. The van der Waals surface area contributed by atoms with Gasteiger partial charge in [0, 0.05) is 35.3 Å². The SMILES string of the molecule is OCCc1cccc2[nH]c(-c3n[nH]c4ccc(-c5cncc6ccccc56)cc34)nc12.